The largest absolute Gasteiger partial charge is 0.481 e. The summed E-state index contributed by atoms with van der Waals surface area (Å²) in [5.41, 5.74) is -2.14. The molecule has 1 amide bonds. The van der Waals surface area contributed by atoms with E-state index in [1.165, 1.54) is 0 Å². The number of amides is 1. The van der Waals surface area contributed by atoms with Gasteiger partial charge in [-0.1, -0.05) is 6.07 Å². The molecule has 8 heteroatoms. The van der Waals surface area contributed by atoms with Gasteiger partial charge in [-0.2, -0.15) is 13.2 Å². The zero-order valence-corrected chi connectivity index (χ0v) is 10.7. The van der Waals surface area contributed by atoms with E-state index >= 15 is 0 Å². The van der Waals surface area contributed by atoms with E-state index in [2.05, 4.69) is 0 Å². The summed E-state index contributed by atoms with van der Waals surface area (Å²) in [6, 6.07) is 2.51. The maximum absolute atomic E-state index is 13.8. The van der Waals surface area contributed by atoms with E-state index in [0.717, 1.165) is 17.0 Å². The van der Waals surface area contributed by atoms with Gasteiger partial charge in [-0.05, 0) is 12.1 Å². The minimum Gasteiger partial charge on any atom is -0.481 e. The summed E-state index contributed by atoms with van der Waals surface area (Å²) in [5.74, 6) is -3.73. The van der Waals surface area contributed by atoms with Crippen LogP contribution in [0.3, 0.4) is 0 Å². The molecule has 21 heavy (non-hydrogen) atoms. The third-order valence-corrected chi connectivity index (χ3v) is 3.24. The molecule has 1 saturated heterocycles. The molecule has 0 atom stereocenters. The zero-order chi connectivity index (χ0) is 15.8. The molecule has 1 aliphatic heterocycles. The van der Waals surface area contributed by atoms with Crippen LogP contribution in [0.15, 0.2) is 18.2 Å². The van der Waals surface area contributed by atoms with E-state index in [-0.39, 0.29) is 25.4 Å². The number of carboxylic acid groups (broad SMARTS) is 1. The number of hydrogen-bond donors (Lipinski definition) is 1. The summed E-state index contributed by atoms with van der Waals surface area (Å²) in [4.78, 5) is 23.5. The van der Waals surface area contributed by atoms with Crippen LogP contribution in [-0.2, 0) is 11.0 Å². The minimum atomic E-state index is -4.87. The number of nitrogens with zero attached hydrogens (tertiary/aromatic N) is 1. The first-order valence-electron chi connectivity index (χ1n) is 6.07. The predicted molar refractivity (Wildman–Crippen MR) is 63.0 cm³/mol. The molecule has 0 aliphatic carbocycles. The van der Waals surface area contributed by atoms with Crippen LogP contribution < -0.4 is 0 Å². The maximum Gasteiger partial charge on any atom is 0.419 e. The van der Waals surface area contributed by atoms with Crippen molar-refractivity contribution in [2.75, 3.05) is 13.1 Å². The number of alkyl halides is 3. The topological polar surface area (TPSA) is 57.6 Å². The highest BCUT2D eigenvalue weighted by molar-refractivity contribution is 5.95. The zero-order valence-electron chi connectivity index (χ0n) is 10.7. The van der Waals surface area contributed by atoms with Gasteiger partial charge in [0, 0.05) is 19.0 Å². The molecule has 1 fully saturated rings. The lowest BCUT2D eigenvalue weighted by Crippen LogP contribution is -2.50. The lowest BCUT2D eigenvalue weighted by molar-refractivity contribution is -0.140. The first kappa shape index (κ1) is 15.3. The Morgan fingerprint density at radius 3 is 2.43 bits per heavy atom. The highest BCUT2D eigenvalue weighted by Crippen LogP contribution is 2.33. The summed E-state index contributed by atoms with van der Waals surface area (Å²) in [6.45, 7) is 0.196. The van der Waals surface area contributed by atoms with Gasteiger partial charge in [0.15, 0.2) is 0 Å². The Hall–Kier alpha value is -2.12. The molecule has 1 N–H and O–H groups in total. The van der Waals surface area contributed by atoms with E-state index in [1.807, 2.05) is 0 Å². The Bertz CT molecular complexity index is 579. The average molecular weight is 305 g/mol. The van der Waals surface area contributed by atoms with Gasteiger partial charge in [0.25, 0.3) is 5.91 Å². The van der Waals surface area contributed by atoms with Crippen molar-refractivity contribution in [1.29, 1.82) is 0 Å². The molecular weight excluding hydrogens is 294 g/mol. The first-order chi connectivity index (χ1) is 9.70. The fourth-order valence-corrected chi connectivity index (χ4v) is 2.20. The second-order valence-corrected chi connectivity index (χ2v) is 4.84. The number of carbonyl (C=O) groups is 2. The Labute approximate surface area is 117 Å². The summed E-state index contributed by atoms with van der Waals surface area (Å²) >= 11 is 0. The summed E-state index contributed by atoms with van der Waals surface area (Å²) in [5, 5.41) is 8.57. The molecule has 1 aromatic carbocycles. The first-order valence-corrected chi connectivity index (χ1v) is 6.07. The van der Waals surface area contributed by atoms with E-state index < -0.39 is 35.0 Å². The normalized spacial score (nSPS) is 15.7. The van der Waals surface area contributed by atoms with Gasteiger partial charge in [0.1, 0.15) is 5.82 Å². The Kier molecular flexibility index (Phi) is 3.89. The van der Waals surface area contributed by atoms with Crippen molar-refractivity contribution in [3.05, 3.63) is 35.1 Å². The van der Waals surface area contributed by atoms with Gasteiger partial charge >= 0.3 is 12.1 Å². The number of likely N-dealkylation sites (tertiary alicyclic amines) is 1. The monoisotopic (exact) mass is 305 g/mol. The summed E-state index contributed by atoms with van der Waals surface area (Å²) < 4.78 is 51.5. The molecule has 0 unspecified atom stereocenters. The molecular formula is C13H11F4NO3. The molecule has 0 spiro atoms. The van der Waals surface area contributed by atoms with Gasteiger partial charge in [0.05, 0.1) is 17.5 Å². The van der Waals surface area contributed by atoms with Crippen LogP contribution >= 0.6 is 0 Å². The van der Waals surface area contributed by atoms with Crippen LogP contribution in [-0.4, -0.2) is 35.0 Å². The second kappa shape index (κ2) is 5.34. The average Bonchev–Trinajstić information content (AvgIpc) is 2.31. The predicted octanol–water partition coefficient (Wildman–Crippen LogP) is 2.39. The van der Waals surface area contributed by atoms with Crippen LogP contribution in [0, 0.1) is 11.7 Å². The number of hydrogen-bond acceptors (Lipinski definition) is 2. The second-order valence-electron chi connectivity index (χ2n) is 4.84. The maximum atomic E-state index is 13.8. The van der Waals surface area contributed by atoms with Crippen molar-refractivity contribution in [3.8, 4) is 0 Å². The molecule has 0 bridgehead atoms. The Morgan fingerprint density at radius 2 is 1.90 bits per heavy atom. The molecule has 0 aromatic heterocycles. The third-order valence-electron chi connectivity index (χ3n) is 3.24. The number of carboxylic acids is 1. The number of carbonyl (C=O) groups excluding carboxylic acids is 1. The standard InChI is InChI=1S/C13H11F4NO3/c14-11-8(2-1-3-9(11)13(15,16)17)12(21)18-5-7(6-18)4-10(19)20/h1-3,7H,4-6H2,(H,19,20). The fraction of sp³-hybridized carbons (Fsp3) is 0.385. The fourth-order valence-electron chi connectivity index (χ4n) is 2.20. The van der Waals surface area contributed by atoms with Gasteiger partial charge in [0.2, 0.25) is 0 Å². The smallest absolute Gasteiger partial charge is 0.419 e. The van der Waals surface area contributed by atoms with Gasteiger partial charge in [-0.25, -0.2) is 4.39 Å². The Balaban J connectivity index is 2.13. The molecule has 1 aliphatic rings. The van der Waals surface area contributed by atoms with Crippen LogP contribution in [0.2, 0.25) is 0 Å². The molecule has 1 aromatic rings. The highest BCUT2D eigenvalue weighted by atomic mass is 19.4. The number of rotatable bonds is 3. The highest BCUT2D eigenvalue weighted by Gasteiger charge is 2.38. The van der Waals surface area contributed by atoms with E-state index in [0.29, 0.717) is 6.07 Å². The molecule has 114 valence electrons. The van der Waals surface area contributed by atoms with Crippen molar-refractivity contribution in [1.82, 2.24) is 4.90 Å². The lowest BCUT2D eigenvalue weighted by Gasteiger charge is -2.38. The SMILES string of the molecule is O=C(O)CC1CN(C(=O)c2cccc(C(F)(F)F)c2F)C1. The number of benzene rings is 1. The van der Waals surface area contributed by atoms with Gasteiger partial charge in [-0.3, -0.25) is 9.59 Å². The van der Waals surface area contributed by atoms with Crippen LogP contribution in [0.25, 0.3) is 0 Å². The lowest BCUT2D eigenvalue weighted by atomic mass is 9.95. The van der Waals surface area contributed by atoms with Crippen LogP contribution in [0.5, 0.6) is 0 Å². The van der Waals surface area contributed by atoms with Crippen molar-refractivity contribution in [2.45, 2.75) is 12.6 Å². The third kappa shape index (κ3) is 3.14. The molecule has 0 saturated carbocycles. The number of aliphatic carboxylic acids is 1. The van der Waals surface area contributed by atoms with E-state index in [1.54, 1.807) is 0 Å². The van der Waals surface area contributed by atoms with Crippen molar-refractivity contribution < 1.29 is 32.3 Å². The quantitative estimate of drug-likeness (QED) is 0.872. The summed E-state index contributed by atoms with van der Waals surface area (Å²) in [6.07, 6.45) is -5.00. The Morgan fingerprint density at radius 1 is 1.29 bits per heavy atom. The van der Waals surface area contributed by atoms with Crippen molar-refractivity contribution in [2.24, 2.45) is 5.92 Å². The minimum absolute atomic E-state index is 0.0980. The van der Waals surface area contributed by atoms with E-state index in [9.17, 15) is 27.2 Å². The summed E-state index contributed by atoms with van der Waals surface area (Å²) in [7, 11) is 0. The van der Waals surface area contributed by atoms with E-state index in [4.69, 9.17) is 5.11 Å². The van der Waals surface area contributed by atoms with Crippen molar-refractivity contribution >= 4 is 11.9 Å². The van der Waals surface area contributed by atoms with Gasteiger partial charge in [-0.15, -0.1) is 0 Å². The van der Waals surface area contributed by atoms with Crippen LogP contribution in [0.4, 0.5) is 17.6 Å². The molecule has 0 radical (unpaired) electrons. The number of halogens is 4. The van der Waals surface area contributed by atoms with Gasteiger partial charge < -0.3 is 10.0 Å². The molecule has 2 rings (SSSR count). The molecule has 4 nitrogen and oxygen atoms in total. The van der Waals surface area contributed by atoms with Crippen molar-refractivity contribution in [3.63, 3.8) is 0 Å². The van der Waals surface area contributed by atoms with Crippen LogP contribution in [0.1, 0.15) is 22.3 Å². The molecule has 1 heterocycles.